The molecule has 3 heterocycles. The summed E-state index contributed by atoms with van der Waals surface area (Å²) >= 11 is -2.05. The van der Waals surface area contributed by atoms with E-state index in [9.17, 15) is 0 Å². The van der Waals surface area contributed by atoms with Crippen molar-refractivity contribution in [2.45, 2.75) is 51.4 Å². The molecular formula is C31H35GeN2+. The van der Waals surface area contributed by atoms with Crippen molar-refractivity contribution in [3.8, 4) is 0 Å². The summed E-state index contributed by atoms with van der Waals surface area (Å²) in [5, 5.41) is 6.97. The molecule has 0 fully saturated rings. The van der Waals surface area contributed by atoms with Gasteiger partial charge in [0.05, 0.1) is 0 Å². The molecule has 6 aromatic rings. The van der Waals surface area contributed by atoms with Crippen LogP contribution in [0.1, 0.15) is 31.9 Å². The summed E-state index contributed by atoms with van der Waals surface area (Å²) in [6.45, 7) is 9.31. The van der Waals surface area contributed by atoms with Gasteiger partial charge in [-0.15, -0.1) is 0 Å². The van der Waals surface area contributed by atoms with E-state index in [0.717, 1.165) is 6.42 Å². The number of hydrogen-bond acceptors (Lipinski definition) is 0. The molecule has 0 N–H and O–H groups in total. The van der Waals surface area contributed by atoms with Crippen LogP contribution in [0.5, 0.6) is 0 Å². The Morgan fingerprint density at radius 2 is 1.65 bits per heavy atom. The third kappa shape index (κ3) is 3.04. The van der Waals surface area contributed by atoms with Gasteiger partial charge < -0.3 is 0 Å². The summed E-state index contributed by atoms with van der Waals surface area (Å²) in [5.41, 5.74) is 8.49. The quantitative estimate of drug-likeness (QED) is 0.101. The first-order valence-corrected chi connectivity index (χ1v) is 19.8. The van der Waals surface area contributed by atoms with Crippen LogP contribution < -0.4 is 8.96 Å². The Balaban J connectivity index is 1.97. The number of benzene rings is 3. The first kappa shape index (κ1) is 21.9. The molecule has 0 atom stereocenters. The molecule has 0 amide bonds. The van der Waals surface area contributed by atoms with Gasteiger partial charge in [0, 0.05) is 0 Å². The van der Waals surface area contributed by atoms with Gasteiger partial charge in [0.25, 0.3) is 0 Å². The second-order valence-electron chi connectivity index (χ2n) is 12.5. The zero-order valence-electron chi connectivity index (χ0n) is 21.8. The van der Waals surface area contributed by atoms with Gasteiger partial charge >= 0.3 is 205 Å². The molecule has 0 radical (unpaired) electrons. The van der Waals surface area contributed by atoms with Gasteiger partial charge in [-0.3, -0.25) is 0 Å². The number of nitrogens with zero attached hydrogens (tertiary/aromatic N) is 2. The Morgan fingerprint density at radius 3 is 2.35 bits per heavy atom. The molecule has 0 saturated carbocycles. The number of hydrogen-bond donors (Lipinski definition) is 0. The standard InChI is InChI=1S/C31H35GeN2/c1-19-12-13-23-27-21(18-31(2,3)4)10-9-11-24(27)34-25-17-22(32(5,6)7)16-20-14-15-33(8)30(28(20)25)26(19)29(23)34/h9-17H,18H2,1-8H3/q+1. The summed E-state index contributed by atoms with van der Waals surface area (Å²) in [6, 6.07) is 19.0. The topological polar surface area (TPSA) is 8.29 Å². The Bertz CT molecular complexity index is 1760. The second kappa shape index (κ2) is 6.98. The summed E-state index contributed by atoms with van der Waals surface area (Å²) < 4.78 is 6.51. The van der Waals surface area contributed by atoms with Gasteiger partial charge in [0.2, 0.25) is 0 Å². The van der Waals surface area contributed by atoms with Crippen molar-refractivity contribution in [2.75, 3.05) is 0 Å². The fourth-order valence-electron chi connectivity index (χ4n) is 5.99. The van der Waals surface area contributed by atoms with Gasteiger partial charge in [-0.05, 0) is 0 Å². The van der Waals surface area contributed by atoms with Gasteiger partial charge in [0.15, 0.2) is 0 Å². The minimum atomic E-state index is -2.05. The number of fused-ring (bicyclic) bond motifs is 5. The maximum atomic E-state index is 2.60. The molecule has 3 aromatic heterocycles. The van der Waals surface area contributed by atoms with E-state index in [4.69, 9.17) is 0 Å². The average Bonchev–Trinajstić information content (AvgIpc) is 3.08. The molecule has 0 spiro atoms. The third-order valence-electron chi connectivity index (χ3n) is 7.53. The molecule has 0 bridgehead atoms. The summed E-state index contributed by atoms with van der Waals surface area (Å²) in [5.74, 6) is 7.51. The number of pyridine rings is 2. The van der Waals surface area contributed by atoms with E-state index >= 15 is 0 Å². The first-order valence-electron chi connectivity index (χ1n) is 12.5. The summed E-state index contributed by atoms with van der Waals surface area (Å²) in [7, 11) is 2.20. The molecule has 0 unspecified atom stereocenters. The monoisotopic (exact) mass is 509 g/mol. The van der Waals surface area contributed by atoms with Crippen LogP contribution in [0.2, 0.25) is 17.3 Å². The molecule has 6 rings (SSSR count). The fraction of sp³-hybridized carbons (Fsp3) is 0.323. The Kier molecular flexibility index (Phi) is 4.50. The van der Waals surface area contributed by atoms with Crippen molar-refractivity contribution in [2.24, 2.45) is 12.5 Å². The number of aryl methyl sites for hydroxylation is 2. The fourth-order valence-corrected chi connectivity index (χ4v) is 8.42. The van der Waals surface area contributed by atoms with Gasteiger partial charge in [-0.2, -0.15) is 0 Å². The van der Waals surface area contributed by atoms with Gasteiger partial charge in [-0.1, -0.05) is 0 Å². The van der Waals surface area contributed by atoms with Crippen molar-refractivity contribution in [1.82, 2.24) is 4.40 Å². The average molecular weight is 508 g/mol. The molecule has 0 saturated heterocycles. The van der Waals surface area contributed by atoms with Gasteiger partial charge in [0.1, 0.15) is 0 Å². The zero-order valence-corrected chi connectivity index (χ0v) is 23.9. The minimum absolute atomic E-state index is 0.235. The molecule has 34 heavy (non-hydrogen) atoms. The van der Waals surface area contributed by atoms with Crippen molar-refractivity contribution < 1.29 is 4.57 Å². The van der Waals surface area contributed by atoms with E-state index in [1.54, 1.807) is 4.40 Å². The van der Waals surface area contributed by atoms with E-state index in [2.05, 4.69) is 116 Å². The van der Waals surface area contributed by atoms with Crippen molar-refractivity contribution in [3.05, 3.63) is 65.9 Å². The van der Waals surface area contributed by atoms with Gasteiger partial charge in [-0.25, -0.2) is 0 Å². The van der Waals surface area contributed by atoms with Crippen LogP contribution in [0.4, 0.5) is 0 Å². The third-order valence-corrected chi connectivity index (χ3v) is 11.8. The van der Waals surface area contributed by atoms with Crippen molar-refractivity contribution in [1.29, 1.82) is 0 Å². The van der Waals surface area contributed by atoms with E-state index in [-0.39, 0.29) is 5.41 Å². The van der Waals surface area contributed by atoms with Crippen LogP contribution in [0.15, 0.2) is 54.7 Å². The van der Waals surface area contributed by atoms with Crippen LogP contribution in [0.3, 0.4) is 0 Å². The second-order valence-corrected chi connectivity index (χ2v) is 23.2. The Morgan fingerprint density at radius 1 is 0.882 bits per heavy atom. The molecule has 0 aliphatic heterocycles. The van der Waals surface area contributed by atoms with E-state index in [1.807, 2.05) is 0 Å². The van der Waals surface area contributed by atoms with Crippen LogP contribution >= 0.6 is 0 Å². The Labute approximate surface area is 204 Å². The van der Waals surface area contributed by atoms with Crippen LogP contribution in [0.25, 0.3) is 49.0 Å². The molecule has 172 valence electrons. The van der Waals surface area contributed by atoms with Crippen molar-refractivity contribution >= 4 is 66.7 Å². The summed E-state index contributed by atoms with van der Waals surface area (Å²) in [4.78, 5) is 0. The molecule has 0 aliphatic carbocycles. The molecule has 3 heteroatoms. The molecule has 3 aromatic carbocycles. The number of aromatic nitrogens is 2. The molecule has 0 aliphatic rings. The van der Waals surface area contributed by atoms with Crippen LogP contribution in [-0.2, 0) is 13.5 Å². The SMILES string of the molecule is Cc1ccc2c3c(CC(C)(C)C)cccc3n3c4c[c]([Ge]([CH3])([CH3])[CH3])cc5cc[n+](C)c(c1c23)c54. The maximum absolute atomic E-state index is 2.60. The molecule has 2 nitrogen and oxygen atoms in total. The van der Waals surface area contributed by atoms with Crippen LogP contribution in [-0.4, -0.2) is 17.7 Å². The van der Waals surface area contributed by atoms with Crippen molar-refractivity contribution in [3.63, 3.8) is 0 Å². The normalized spacial score (nSPS) is 13.4. The van der Waals surface area contributed by atoms with E-state index < -0.39 is 13.3 Å². The predicted molar refractivity (Wildman–Crippen MR) is 151 cm³/mol. The first-order chi connectivity index (χ1) is 16.0. The van der Waals surface area contributed by atoms with Crippen LogP contribution in [0, 0.1) is 12.3 Å². The summed E-state index contributed by atoms with van der Waals surface area (Å²) in [6.07, 6.45) is 3.32. The molecular weight excluding hydrogens is 473 g/mol. The predicted octanol–water partition coefficient (Wildman–Crippen LogP) is 7.26. The Hall–Kier alpha value is -2.59. The zero-order chi connectivity index (χ0) is 24.2. The van der Waals surface area contributed by atoms with E-state index in [1.165, 1.54) is 60.1 Å². The number of rotatable bonds is 2. The van der Waals surface area contributed by atoms with E-state index in [0.29, 0.717) is 0 Å².